The number of rotatable bonds is 2. The Morgan fingerprint density at radius 3 is 2.38 bits per heavy atom. The third-order valence-corrected chi connectivity index (χ3v) is 2.53. The molecule has 0 aromatic heterocycles. The molecule has 5 heteroatoms. The van der Waals surface area contributed by atoms with Gasteiger partial charge in [0.05, 0.1) is 0 Å². The van der Waals surface area contributed by atoms with E-state index in [2.05, 4.69) is 0 Å². The summed E-state index contributed by atoms with van der Waals surface area (Å²) in [6.45, 7) is 0. The van der Waals surface area contributed by atoms with E-state index in [9.17, 15) is 9.59 Å². The molecule has 0 radical (unpaired) electrons. The summed E-state index contributed by atoms with van der Waals surface area (Å²) in [5.74, 6) is -0.351. The molecule has 0 bridgehead atoms. The fraction of sp³-hybridized carbons (Fsp3) is 0.273. The number of hydrogen-bond acceptors (Lipinski definition) is 3. The number of imide groups is 1. The van der Waals surface area contributed by atoms with Crippen molar-refractivity contribution in [3.63, 3.8) is 0 Å². The van der Waals surface area contributed by atoms with Crippen molar-refractivity contribution in [1.82, 2.24) is 4.90 Å². The van der Waals surface area contributed by atoms with Crippen LogP contribution in [0.4, 0.5) is 10.5 Å². The monoisotopic (exact) mass is 220 g/mol. The molecule has 16 heavy (non-hydrogen) atoms. The van der Waals surface area contributed by atoms with Crippen molar-refractivity contribution < 1.29 is 14.3 Å². The van der Waals surface area contributed by atoms with Gasteiger partial charge in [-0.15, -0.1) is 0 Å². The van der Waals surface area contributed by atoms with Crippen molar-refractivity contribution in [2.24, 2.45) is 0 Å². The third kappa shape index (κ3) is 1.45. The van der Waals surface area contributed by atoms with Crippen LogP contribution in [0.1, 0.15) is 0 Å². The summed E-state index contributed by atoms with van der Waals surface area (Å²) >= 11 is 0. The van der Waals surface area contributed by atoms with Crippen LogP contribution >= 0.6 is 0 Å². The molecular formula is C11H12N2O3. The van der Waals surface area contributed by atoms with Crippen molar-refractivity contribution in [1.29, 1.82) is 0 Å². The normalized spacial score (nSPS) is 20.8. The van der Waals surface area contributed by atoms with Crippen LogP contribution < -0.4 is 4.90 Å². The Morgan fingerprint density at radius 1 is 1.19 bits per heavy atom. The number of benzene rings is 1. The molecule has 0 aliphatic carbocycles. The molecule has 1 aliphatic rings. The van der Waals surface area contributed by atoms with E-state index in [0.717, 1.165) is 4.90 Å². The topological polar surface area (TPSA) is 49.9 Å². The van der Waals surface area contributed by atoms with Crippen molar-refractivity contribution in [2.45, 2.75) is 6.23 Å². The van der Waals surface area contributed by atoms with Crippen molar-refractivity contribution in [3.8, 4) is 0 Å². The Morgan fingerprint density at radius 2 is 1.81 bits per heavy atom. The first-order valence-corrected chi connectivity index (χ1v) is 4.85. The zero-order valence-electron chi connectivity index (χ0n) is 9.08. The van der Waals surface area contributed by atoms with Crippen molar-refractivity contribution >= 4 is 17.6 Å². The summed E-state index contributed by atoms with van der Waals surface area (Å²) in [5.41, 5.74) is 0.650. The summed E-state index contributed by atoms with van der Waals surface area (Å²) in [4.78, 5) is 25.9. The molecular weight excluding hydrogens is 208 g/mol. The van der Waals surface area contributed by atoms with Crippen LogP contribution in [0.25, 0.3) is 0 Å². The number of para-hydroxylation sites is 1. The Hall–Kier alpha value is -1.88. The number of carbonyl (C=O) groups is 2. The lowest BCUT2D eigenvalue weighted by Crippen LogP contribution is -2.36. The number of amides is 3. The Labute approximate surface area is 93.2 Å². The minimum atomic E-state index is -0.861. The summed E-state index contributed by atoms with van der Waals surface area (Å²) in [6.07, 6.45) is -0.861. The fourth-order valence-electron chi connectivity index (χ4n) is 1.67. The predicted molar refractivity (Wildman–Crippen MR) is 57.9 cm³/mol. The standard InChI is InChI=1S/C11H12N2O3/c1-12-9(14)10(16-2)13(11(12)15)8-6-4-3-5-7-8/h3-7,10H,1-2H3. The lowest BCUT2D eigenvalue weighted by atomic mass is 10.3. The lowest BCUT2D eigenvalue weighted by Gasteiger charge is -2.19. The molecule has 1 saturated heterocycles. The van der Waals surface area contributed by atoms with Crippen LogP contribution in [-0.4, -0.2) is 37.2 Å². The average molecular weight is 220 g/mol. The molecule has 0 N–H and O–H groups in total. The second-order valence-electron chi connectivity index (χ2n) is 3.47. The van der Waals surface area contributed by atoms with Gasteiger partial charge in [-0.2, -0.15) is 0 Å². The fourth-order valence-corrected chi connectivity index (χ4v) is 1.67. The molecule has 3 amide bonds. The highest BCUT2D eigenvalue weighted by molar-refractivity contribution is 6.13. The van der Waals surface area contributed by atoms with E-state index in [1.807, 2.05) is 6.07 Å². The summed E-state index contributed by atoms with van der Waals surface area (Å²) in [7, 11) is 2.85. The molecule has 1 atom stereocenters. The van der Waals surface area contributed by atoms with E-state index >= 15 is 0 Å². The summed E-state index contributed by atoms with van der Waals surface area (Å²) < 4.78 is 5.05. The van der Waals surface area contributed by atoms with E-state index in [-0.39, 0.29) is 11.9 Å². The van der Waals surface area contributed by atoms with E-state index in [4.69, 9.17) is 4.74 Å². The molecule has 1 heterocycles. The van der Waals surface area contributed by atoms with Gasteiger partial charge in [0.25, 0.3) is 5.91 Å². The smallest absolute Gasteiger partial charge is 0.333 e. The zero-order chi connectivity index (χ0) is 11.7. The molecule has 0 saturated carbocycles. The molecule has 1 fully saturated rings. The molecule has 1 unspecified atom stereocenters. The maximum Gasteiger partial charge on any atom is 0.333 e. The molecule has 5 nitrogen and oxygen atoms in total. The number of hydrogen-bond donors (Lipinski definition) is 0. The predicted octanol–water partition coefficient (Wildman–Crippen LogP) is 1.06. The number of ether oxygens (including phenoxy) is 1. The van der Waals surface area contributed by atoms with E-state index in [1.54, 1.807) is 24.3 Å². The van der Waals surface area contributed by atoms with E-state index < -0.39 is 6.23 Å². The second-order valence-corrected chi connectivity index (χ2v) is 3.47. The quantitative estimate of drug-likeness (QED) is 0.700. The number of carbonyl (C=O) groups excluding carboxylic acids is 2. The minimum absolute atomic E-state index is 0.351. The van der Waals surface area contributed by atoms with Gasteiger partial charge in [-0.3, -0.25) is 14.6 Å². The lowest BCUT2D eigenvalue weighted by molar-refractivity contribution is -0.133. The number of anilines is 1. The van der Waals surface area contributed by atoms with Crippen LogP contribution in [0, 0.1) is 0 Å². The number of methoxy groups -OCH3 is 1. The molecule has 2 rings (SSSR count). The Kier molecular flexibility index (Phi) is 2.62. The van der Waals surface area contributed by atoms with Gasteiger partial charge in [0.1, 0.15) is 0 Å². The van der Waals surface area contributed by atoms with Gasteiger partial charge in [0.2, 0.25) is 6.23 Å². The highest BCUT2D eigenvalue weighted by Gasteiger charge is 2.44. The van der Waals surface area contributed by atoms with E-state index in [1.165, 1.54) is 19.1 Å². The zero-order valence-corrected chi connectivity index (χ0v) is 9.08. The summed E-state index contributed by atoms with van der Waals surface area (Å²) in [6, 6.07) is 8.60. The van der Waals surface area contributed by atoms with E-state index in [0.29, 0.717) is 5.69 Å². The first kappa shape index (κ1) is 10.6. The minimum Gasteiger partial charge on any atom is -0.352 e. The van der Waals surface area contributed by atoms with Crippen LogP contribution in [0.3, 0.4) is 0 Å². The number of likely N-dealkylation sites (N-methyl/N-ethyl adjacent to an activating group) is 1. The maximum absolute atomic E-state index is 11.8. The summed E-state index contributed by atoms with van der Waals surface area (Å²) in [5, 5.41) is 0. The van der Waals surface area contributed by atoms with Gasteiger partial charge in [-0.05, 0) is 12.1 Å². The Balaban J connectivity index is 2.40. The van der Waals surface area contributed by atoms with Gasteiger partial charge >= 0.3 is 6.03 Å². The van der Waals surface area contributed by atoms with Crippen LogP contribution in [0.15, 0.2) is 30.3 Å². The molecule has 1 aromatic carbocycles. The molecule has 84 valence electrons. The molecule has 1 aromatic rings. The van der Waals surface area contributed by atoms with Gasteiger partial charge in [-0.1, -0.05) is 18.2 Å². The van der Waals surface area contributed by atoms with Gasteiger partial charge in [0.15, 0.2) is 0 Å². The van der Waals surface area contributed by atoms with Gasteiger partial charge in [0, 0.05) is 19.8 Å². The Bertz CT molecular complexity index is 418. The average Bonchev–Trinajstić information content (AvgIpc) is 2.54. The van der Waals surface area contributed by atoms with Gasteiger partial charge in [-0.25, -0.2) is 4.79 Å². The van der Waals surface area contributed by atoms with Crippen LogP contribution in [0.2, 0.25) is 0 Å². The number of urea groups is 1. The van der Waals surface area contributed by atoms with Crippen molar-refractivity contribution in [2.75, 3.05) is 19.1 Å². The van der Waals surface area contributed by atoms with Gasteiger partial charge < -0.3 is 4.74 Å². The van der Waals surface area contributed by atoms with Crippen LogP contribution in [0.5, 0.6) is 0 Å². The largest absolute Gasteiger partial charge is 0.352 e. The SMILES string of the molecule is COC1C(=O)N(C)C(=O)N1c1ccccc1. The first-order chi connectivity index (χ1) is 7.66. The highest BCUT2D eigenvalue weighted by Crippen LogP contribution is 2.24. The van der Waals surface area contributed by atoms with Crippen molar-refractivity contribution in [3.05, 3.63) is 30.3 Å². The first-order valence-electron chi connectivity index (χ1n) is 4.85. The molecule has 1 aliphatic heterocycles. The second kappa shape index (κ2) is 3.94. The van der Waals surface area contributed by atoms with Crippen LogP contribution in [-0.2, 0) is 9.53 Å². The third-order valence-electron chi connectivity index (χ3n) is 2.53. The number of nitrogens with zero attached hydrogens (tertiary/aromatic N) is 2. The molecule has 0 spiro atoms. The highest BCUT2D eigenvalue weighted by atomic mass is 16.5. The maximum atomic E-state index is 11.8.